The van der Waals surface area contributed by atoms with Crippen molar-refractivity contribution in [3.05, 3.63) is 34.6 Å². The van der Waals surface area contributed by atoms with Crippen molar-refractivity contribution in [2.75, 3.05) is 13.1 Å². The monoisotopic (exact) mass is 364 g/mol. The minimum Gasteiger partial charge on any atom is -0.336 e. The Morgan fingerprint density at radius 1 is 1.38 bits per heavy atom. The quantitative estimate of drug-likeness (QED) is 0.812. The van der Waals surface area contributed by atoms with Gasteiger partial charge in [0.25, 0.3) is 0 Å². The van der Waals surface area contributed by atoms with Gasteiger partial charge in [-0.3, -0.25) is 4.79 Å². The van der Waals surface area contributed by atoms with E-state index < -0.39 is 23.3 Å². The molecule has 0 spiro atoms. The van der Waals surface area contributed by atoms with Crippen molar-refractivity contribution in [2.45, 2.75) is 38.0 Å². The van der Waals surface area contributed by atoms with E-state index in [1.165, 1.54) is 23.1 Å². The predicted octanol–water partition coefficient (Wildman–Crippen LogP) is 3.68. The van der Waals surface area contributed by atoms with Crippen molar-refractivity contribution in [1.29, 1.82) is 0 Å². The van der Waals surface area contributed by atoms with E-state index in [1.807, 2.05) is 0 Å². The average molecular weight is 365 g/mol. The van der Waals surface area contributed by atoms with E-state index in [2.05, 4.69) is 5.32 Å². The van der Waals surface area contributed by atoms with E-state index in [9.17, 15) is 22.4 Å². The number of hydrogen-bond acceptors (Lipinski definition) is 2. The summed E-state index contributed by atoms with van der Waals surface area (Å²) >= 11 is 5.77. The molecule has 1 aliphatic carbocycles. The highest BCUT2D eigenvalue weighted by atomic mass is 35.5. The molecule has 1 saturated heterocycles. The number of halogens is 5. The van der Waals surface area contributed by atoms with E-state index in [0.717, 1.165) is 0 Å². The maximum absolute atomic E-state index is 13.3. The summed E-state index contributed by atoms with van der Waals surface area (Å²) in [6.07, 6.45) is -4.83. The molecular formula is C16H17ClF4N2O. The van der Waals surface area contributed by atoms with Crippen LogP contribution in [0.3, 0.4) is 0 Å². The Morgan fingerprint density at radius 2 is 2.04 bits per heavy atom. The summed E-state index contributed by atoms with van der Waals surface area (Å²) in [5.41, 5.74) is -1.58. The van der Waals surface area contributed by atoms with Gasteiger partial charge in [-0.15, -0.1) is 0 Å². The molecule has 1 amide bonds. The molecule has 132 valence electrons. The molecule has 3 rings (SSSR count). The molecular weight excluding hydrogens is 348 g/mol. The molecule has 3 nitrogen and oxygen atoms in total. The Bertz CT molecular complexity index is 660. The van der Waals surface area contributed by atoms with Crippen LogP contribution in [-0.2, 0) is 4.79 Å². The number of hydrogen-bond donors (Lipinski definition) is 1. The van der Waals surface area contributed by atoms with Crippen LogP contribution in [0.2, 0.25) is 5.02 Å². The van der Waals surface area contributed by atoms with Gasteiger partial charge in [-0.25, -0.2) is 4.39 Å². The number of benzene rings is 1. The maximum Gasteiger partial charge on any atom is 0.403 e. The van der Waals surface area contributed by atoms with Gasteiger partial charge in [0.15, 0.2) is 0 Å². The molecule has 8 heteroatoms. The van der Waals surface area contributed by atoms with Crippen molar-refractivity contribution < 1.29 is 22.4 Å². The van der Waals surface area contributed by atoms with Crippen LogP contribution in [0.1, 0.15) is 31.4 Å². The number of nitrogens with zero attached hydrogens (tertiary/aromatic N) is 1. The second-order valence-electron chi connectivity index (χ2n) is 6.52. The highest BCUT2D eigenvalue weighted by Gasteiger charge is 2.69. The van der Waals surface area contributed by atoms with Gasteiger partial charge in [-0.2, -0.15) is 13.2 Å². The summed E-state index contributed by atoms with van der Waals surface area (Å²) in [5, 5.41) is 3.12. The van der Waals surface area contributed by atoms with Crippen LogP contribution in [-0.4, -0.2) is 36.1 Å². The first-order valence-corrected chi connectivity index (χ1v) is 8.09. The number of alkyl halides is 3. The number of amides is 1. The molecule has 1 aliphatic heterocycles. The van der Waals surface area contributed by atoms with E-state index in [4.69, 9.17) is 11.6 Å². The first kappa shape index (κ1) is 17.5. The number of nitrogens with one attached hydrogen (secondary N) is 1. The third-order valence-electron chi connectivity index (χ3n) is 4.88. The summed E-state index contributed by atoms with van der Waals surface area (Å²) in [5.74, 6) is -1.42. The Hall–Kier alpha value is -1.34. The predicted molar refractivity (Wildman–Crippen MR) is 81.1 cm³/mol. The van der Waals surface area contributed by atoms with Crippen LogP contribution in [0.4, 0.5) is 17.6 Å². The third-order valence-corrected chi connectivity index (χ3v) is 5.17. The summed E-state index contributed by atoms with van der Waals surface area (Å²) in [7, 11) is 0. The SMILES string of the molecule is C[C@@H]1CN[C@@H](c2ccc(F)c(Cl)c2)CN1C(=O)C1(C(F)(F)F)CC1. The highest BCUT2D eigenvalue weighted by molar-refractivity contribution is 6.30. The van der Waals surface area contributed by atoms with Gasteiger partial charge in [0.1, 0.15) is 11.2 Å². The molecule has 0 radical (unpaired) electrons. The largest absolute Gasteiger partial charge is 0.403 e. The van der Waals surface area contributed by atoms with Crippen LogP contribution in [0, 0.1) is 11.2 Å². The number of carbonyl (C=O) groups excluding carboxylic acids is 1. The molecule has 2 aliphatic rings. The average Bonchev–Trinajstić information content (AvgIpc) is 3.31. The fraction of sp³-hybridized carbons (Fsp3) is 0.562. The highest BCUT2D eigenvalue weighted by Crippen LogP contribution is 2.59. The van der Waals surface area contributed by atoms with Gasteiger partial charge >= 0.3 is 6.18 Å². The van der Waals surface area contributed by atoms with E-state index in [0.29, 0.717) is 12.1 Å². The zero-order chi connectivity index (χ0) is 17.7. The molecule has 0 bridgehead atoms. The van der Waals surface area contributed by atoms with Gasteiger partial charge in [-0.1, -0.05) is 17.7 Å². The molecule has 1 saturated carbocycles. The van der Waals surface area contributed by atoms with Gasteiger partial charge in [0, 0.05) is 19.1 Å². The second-order valence-corrected chi connectivity index (χ2v) is 6.93. The van der Waals surface area contributed by atoms with Crippen LogP contribution >= 0.6 is 11.6 Å². The van der Waals surface area contributed by atoms with Gasteiger partial charge < -0.3 is 10.2 Å². The lowest BCUT2D eigenvalue weighted by Crippen LogP contribution is -2.57. The Morgan fingerprint density at radius 3 is 2.58 bits per heavy atom. The van der Waals surface area contributed by atoms with Crippen molar-refractivity contribution in [1.82, 2.24) is 10.2 Å². The fourth-order valence-electron chi connectivity index (χ4n) is 3.12. The van der Waals surface area contributed by atoms with Crippen LogP contribution in [0.5, 0.6) is 0 Å². The summed E-state index contributed by atoms with van der Waals surface area (Å²) < 4.78 is 53.0. The summed E-state index contributed by atoms with van der Waals surface area (Å²) in [4.78, 5) is 13.8. The second kappa shape index (κ2) is 5.88. The number of rotatable bonds is 2. The lowest BCUT2D eigenvalue weighted by molar-refractivity contribution is -0.200. The van der Waals surface area contributed by atoms with Crippen molar-refractivity contribution in [3.63, 3.8) is 0 Å². The number of piperazine rings is 1. The number of carbonyl (C=O) groups is 1. The van der Waals surface area contributed by atoms with E-state index in [-0.39, 0.29) is 36.5 Å². The zero-order valence-corrected chi connectivity index (χ0v) is 13.7. The maximum atomic E-state index is 13.3. The lowest BCUT2D eigenvalue weighted by atomic mass is 9.98. The fourth-order valence-corrected chi connectivity index (χ4v) is 3.31. The summed E-state index contributed by atoms with van der Waals surface area (Å²) in [6, 6.07) is 3.44. The standard InChI is InChI=1S/C16H17ClF4N2O/c1-9-7-22-13(10-2-3-12(18)11(17)6-10)8-23(9)14(24)15(4-5-15)16(19,20)21/h2-3,6,9,13,22H,4-5,7-8H2,1H3/t9-,13-/m1/s1. The van der Waals surface area contributed by atoms with Gasteiger partial charge in [0.05, 0.1) is 11.1 Å². The van der Waals surface area contributed by atoms with E-state index in [1.54, 1.807) is 6.92 Å². The molecule has 1 aromatic rings. The molecule has 1 aromatic carbocycles. The minimum absolute atomic E-state index is 0.0558. The molecule has 24 heavy (non-hydrogen) atoms. The normalized spacial score (nSPS) is 26.3. The van der Waals surface area contributed by atoms with Crippen molar-refractivity contribution in [3.8, 4) is 0 Å². The first-order chi connectivity index (χ1) is 11.2. The minimum atomic E-state index is -4.52. The smallest absolute Gasteiger partial charge is 0.336 e. The van der Waals surface area contributed by atoms with Crippen LogP contribution < -0.4 is 5.32 Å². The van der Waals surface area contributed by atoms with Gasteiger partial charge in [0.2, 0.25) is 5.91 Å². The van der Waals surface area contributed by atoms with Gasteiger partial charge in [-0.05, 0) is 37.5 Å². The molecule has 1 N–H and O–H groups in total. The zero-order valence-electron chi connectivity index (χ0n) is 13.0. The molecule has 1 heterocycles. The topological polar surface area (TPSA) is 32.3 Å². The van der Waals surface area contributed by atoms with Crippen LogP contribution in [0.25, 0.3) is 0 Å². The summed E-state index contributed by atoms with van der Waals surface area (Å²) in [6.45, 7) is 2.17. The lowest BCUT2D eigenvalue weighted by Gasteiger charge is -2.41. The van der Waals surface area contributed by atoms with Crippen LogP contribution in [0.15, 0.2) is 18.2 Å². The molecule has 2 fully saturated rings. The molecule has 2 atom stereocenters. The Labute approximate surface area is 142 Å². The Balaban J connectivity index is 1.81. The molecule has 0 aromatic heterocycles. The first-order valence-electron chi connectivity index (χ1n) is 7.72. The van der Waals surface area contributed by atoms with E-state index >= 15 is 0 Å². The molecule has 0 unspecified atom stereocenters. The van der Waals surface area contributed by atoms with Crippen molar-refractivity contribution >= 4 is 17.5 Å². The van der Waals surface area contributed by atoms with Crippen molar-refractivity contribution in [2.24, 2.45) is 5.41 Å². The Kier molecular flexibility index (Phi) is 4.28. The third kappa shape index (κ3) is 2.88.